The zero-order valence-electron chi connectivity index (χ0n) is 32.9. The SMILES string of the molecule is c1ccc(-c2ccc(N(c3ccc(-c4cccc5ccccc45)cc3)c3cccc4c3sc3c(-c5ccccc5)c(-c5ccccc5)ccc34)cc2-c2ccccc2)cc1. The molecule has 0 fully saturated rings. The monoisotopic (exact) mass is 781 g/mol. The van der Waals surface area contributed by atoms with Gasteiger partial charge in [0.05, 0.1) is 10.4 Å². The highest BCUT2D eigenvalue weighted by Crippen LogP contribution is 2.50. The van der Waals surface area contributed by atoms with Crippen LogP contribution in [-0.2, 0) is 0 Å². The van der Waals surface area contributed by atoms with Gasteiger partial charge in [0.25, 0.3) is 0 Å². The van der Waals surface area contributed by atoms with Gasteiger partial charge in [0.2, 0.25) is 0 Å². The maximum atomic E-state index is 2.46. The van der Waals surface area contributed by atoms with E-state index in [1.165, 1.54) is 86.6 Å². The van der Waals surface area contributed by atoms with E-state index >= 15 is 0 Å². The normalized spacial score (nSPS) is 11.3. The minimum Gasteiger partial charge on any atom is -0.309 e. The zero-order chi connectivity index (χ0) is 39.8. The molecule has 0 spiro atoms. The lowest BCUT2D eigenvalue weighted by Crippen LogP contribution is -2.10. The van der Waals surface area contributed by atoms with E-state index in [2.05, 4.69) is 241 Å². The molecular weight excluding hydrogens is 743 g/mol. The molecule has 11 rings (SSSR count). The fourth-order valence-electron chi connectivity index (χ4n) is 8.86. The van der Waals surface area contributed by atoms with Gasteiger partial charge in [0, 0.05) is 32.4 Å². The van der Waals surface area contributed by atoms with Crippen LogP contribution in [0.15, 0.2) is 237 Å². The van der Waals surface area contributed by atoms with Gasteiger partial charge in [-0.25, -0.2) is 0 Å². The van der Waals surface area contributed by atoms with Crippen molar-refractivity contribution >= 4 is 59.3 Å². The molecule has 0 bridgehead atoms. The highest BCUT2D eigenvalue weighted by Gasteiger charge is 2.22. The van der Waals surface area contributed by atoms with Crippen molar-refractivity contribution in [2.45, 2.75) is 0 Å². The Balaban J connectivity index is 1.16. The van der Waals surface area contributed by atoms with Crippen LogP contribution in [0.4, 0.5) is 17.1 Å². The molecule has 0 aliphatic carbocycles. The van der Waals surface area contributed by atoms with Gasteiger partial charge >= 0.3 is 0 Å². The standard InChI is InChI=1S/C58H39NS/c1-5-17-40(18-6-1)50-36-35-47(39-54(50)43-21-9-3-10-22-43)59(46-33-31-44(32-34-46)49-28-15-26-41-23-13-14-27-48(41)49)55-30-16-29-52-53-38-37-51(42-19-7-2-8-20-42)56(58(53)60-57(52)55)45-24-11-4-12-25-45/h1-39H. The number of nitrogens with zero attached hydrogens (tertiary/aromatic N) is 1. The van der Waals surface area contributed by atoms with Crippen LogP contribution in [0.3, 0.4) is 0 Å². The molecule has 0 unspecified atom stereocenters. The average molecular weight is 782 g/mol. The Morgan fingerprint density at radius 3 is 1.48 bits per heavy atom. The van der Waals surface area contributed by atoms with Gasteiger partial charge < -0.3 is 4.90 Å². The fourth-order valence-corrected chi connectivity index (χ4v) is 10.2. The molecule has 0 aliphatic rings. The van der Waals surface area contributed by atoms with Crippen molar-refractivity contribution in [3.8, 4) is 55.6 Å². The summed E-state index contributed by atoms with van der Waals surface area (Å²) in [6.45, 7) is 0. The topological polar surface area (TPSA) is 3.24 Å². The first-order valence-corrected chi connectivity index (χ1v) is 21.3. The third kappa shape index (κ3) is 6.35. The second kappa shape index (κ2) is 15.3. The second-order valence-corrected chi connectivity index (χ2v) is 16.2. The van der Waals surface area contributed by atoms with Crippen molar-refractivity contribution in [2.75, 3.05) is 4.90 Å². The van der Waals surface area contributed by atoms with E-state index < -0.39 is 0 Å². The number of hydrogen-bond donors (Lipinski definition) is 0. The minimum atomic E-state index is 1.10. The summed E-state index contributed by atoms with van der Waals surface area (Å²) in [5.41, 5.74) is 15.5. The lowest BCUT2D eigenvalue weighted by atomic mass is 9.92. The molecule has 0 radical (unpaired) electrons. The lowest BCUT2D eigenvalue weighted by Gasteiger charge is -2.27. The van der Waals surface area contributed by atoms with Crippen molar-refractivity contribution in [3.63, 3.8) is 0 Å². The van der Waals surface area contributed by atoms with E-state index in [9.17, 15) is 0 Å². The summed E-state index contributed by atoms with van der Waals surface area (Å²) in [6.07, 6.45) is 0. The third-order valence-electron chi connectivity index (χ3n) is 11.7. The van der Waals surface area contributed by atoms with Crippen LogP contribution in [0.25, 0.3) is 86.6 Å². The summed E-state index contributed by atoms with van der Waals surface area (Å²) in [5.74, 6) is 0. The molecule has 11 aromatic rings. The van der Waals surface area contributed by atoms with Gasteiger partial charge in [-0.3, -0.25) is 0 Å². The molecule has 1 aromatic heterocycles. The van der Waals surface area contributed by atoms with Crippen LogP contribution < -0.4 is 4.90 Å². The van der Waals surface area contributed by atoms with Crippen LogP contribution >= 0.6 is 11.3 Å². The van der Waals surface area contributed by atoms with Gasteiger partial charge in [0.15, 0.2) is 0 Å². The molecule has 0 atom stereocenters. The predicted octanol–water partition coefficient (Wildman–Crippen LogP) is 17.0. The first kappa shape index (κ1) is 35.6. The van der Waals surface area contributed by atoms with E-state index in [1.54, 1.807) is 0 Å². The van der Waals surface area contributed by atoms with Crippen LogP contribution in [0.5, 0.6) is 0 Å². The molecule has 282 valence electrons. The van der Waals surface area contributed by atoms with Gasteiger partial charge in [0.1, 0.15) is 0 Å². The Labute approximate surface area is 354 Å². The Bertz CT molecular complexity index is 3270. The lowest BCUT2D eigenvalue weighted by molar-refractivity contribution is 1.30. The van der Waals surface area contributed by atoms with Crippen LogP contribution in [0.2, 0.25) is 0 Å². The molecule has 0 saturated heterocycles. The number of rotatable bonds is 8. The van der Waals surface area contributed by atoms with E-state index in [4.69, 9.17) is 0 Å². The molecule has 1 nitrogen and oxygen atoms in total. The van der Waals surface area contributed by atoms with Crippen LogP contribution in [0.1, 0.15) is 0 Å². The number of hydrogen-bond acceptors (Lipinski definition) is 2. The molecule has 60 heavy (non-hydrogen) atoms. The summed E-state index contributed by atoms with van der Waals surface area (Å²) in [7, 11) is 0. The smallest absolute Gasteiger partial charge is 0.0640 e. The molecule has 2 heteroatoms. The first-order chi connectivity index (χ1) is 29.8. The zero-order valence-corrected chi connectivity index (χ0v) is 33.7. The van der Waals surface area contributed by atoms with Gasteiger partial charge in [-0.1, -0.05) is 206 Å². The molecular formula is C58H39NS. The van der Waals surface area contributed by atoms with Crippen molar-refractivity contribution in [1.82, 2.24) is 0 Å². The highest BCUT2D eigenvalue weighted by atomic mass is 32.1. The Morgan fingerprint density at radius 2 is 0.783 bits per heavy atom. The van der Waals surface area contributed by atoms with Gasteiger partial charge in [-0.15, -0.1) is 11.3 Å². The number of fused-ring (bicyclic) bond motifs is 4. The molecule has 0 amide bonds. The summed E-state index contributed by atoms with van der Waals surface area (Å²) in [5, 5.41) is 5.03. The van der Waals surface area contributed by atoms with Crippen LogP contribution in [-0.4, -0.2) is 0 Å². The quantitative estimate of drug-likeness (QED) is 0.148. The minimum absolute atomic E-state index is 1.10. The van der Waals surface area contributed by atoms with Crippen molar-refractivity contribution in [2.24, 2.45) is 0 Å². The van der Waals surface area contributed by atoms with E-state index in [0.717, 1.165) is 17.1 Å². The van der Waals surface area contributed by atoms with Crippen LogP contribution in [0, 0.1) is 0 Å². The summed E-state index contributed by atoms with van der Waals surface area (Å²) >= 11 is 1.90. The maximum Gasteiger partial charge on any atom is 0.0640 e. The Morgan fingerprint density at radius 1 is 0.283 bits per heavy atom. The van der Waals surface area contributed by atoms with E-state index in [-0.39, 0.29) is 0 Å². The Kier molecular flexibility index (Phi) is 9.11. The second-order valence-electron chi connectivity index (χ2n) is 15.2. The highest BCUT2D eigenvalue weighted by molar-refractivity contribution is 7.27. The van der Waals surface area contributed by atoms with E-state index in [1.807, 2.05) is 11.3 Å². The Hall–Kier alpha value is -7.52. The molecule has 1 heterocycles. The third-order valence-corrected chi connectivity index (χ3v) is 13.0. The molecule has 0 saturated carbocycles. The molecule has 0 aliphatic heterocycles. The summed E-state index contributed by atoms with van der Waals surface area (Å²) in [4.78, 5) is 2.46. The number of thiophene rings is 1. The fraction of sp³-hybridized carbons (Fsp3) is 0. The number of anilines is 3. The molecule has 0 N–H and O–H groups in total. The van der Waals surface area contributed by atoms with Crippen molar-refractivity contribution < 1.29 is 0 Å². The predicted molar refractivity (Wildman–Crippen MR) is 259 cm³/mol. The van der Waals surface area contributed by atoms with Gasteiger partial charge in [-0.2, -0.15) is 0 Å². The summed E-state index contributed by atoms with van der Waals surface area (Å²) in [6, 6.07) is 86.0. The largest absolute Gasteiger partial charge is 0.309 e. The van der Waals surface area contributed by atoms with Gasteiger partial charge in [-0.05, 0) is 91.2 Å². The first-order valence-electron chi connectivity index (χ1n) is 20.5. The summed E-state index contributed by atoms with van der Waals surface area (Å²) < 4.78 is 2.54. The average Bonchev–Trinajstić information content (AvgIpc) is 3.72. The molecule has 10 aromatic carbocycles. The van der Waals surface area contributed by atoms with E-state index in [0.29, 0.717) is 0 Å². The van der Waals surface area contributed by atoms with Crippen molar-refractivity contribution in [1.29, 1.82) is 0 Å². The number of benzene rings is 10. The maximum absolute atomic E-state index is 2.46. The van der Waals surface area contributed by atoms with Crippen molar-refractivity contribution in [3.05, 3.63) is 237 Å².